The lowest BCUT2D eigenvalue weighted by molar-refractivity contribution is 0.340. The van der Waals surface area contributed by atoms with Gasteiger partial charge in [-0.25, -0.2) is 0 Å². The summed E-state index contributed by atoms with van der Waals surface area (Å²) in [7, 11) is 0. The van der Waals surface area contributed by atoms with Gasteiger partial charge in [-0.2, -0.15) is 4.98 Å². The Morgan fingerprint density at radius 3 is 2.76 bits per heavy atom. The Hall–Kier alpha value is -1.55. The summed E-state index contributed by atoms with van der Waals surface area (Å²) in [5.74, 6) is 1.82. The second-order valence-corrected chi connectivity index (χ2v) is 3.85. The highest BCUT2D eigenvalue weighted by Gasteiger charge is 2.10. The summed E-state index contributed by atoms with van der Waals surface area (Å²) in [4.78, 5) is 4.24. The number of hydrogen-bond donors (Lipinski definition) is 0. The number of rotatable bonds is 4. The molecule has 0 spiro atoms. The zero-order valence-electron chi connectivity index (χ0n) is 9.74. The lowest BCUT2D eigenvalue weighted by atomic mass is 10.2. The lowest BCUT2D eigenvalue weighted by Gasteiger charge is -2.05. The van der Waals surface area contributed by atoms with Crippen molar-refractivity contribution in [1.82, 2.24) is 10.1 Å². The maximum atomic E-state index is 6.08. The molecule has 0 saturated heterocycles. The Kier molecular flexibility index (Phi) is 3.64. The molecule has 90 valence electrons. The number of benzene rings is 1. The minimum Gasteiger partial charge on any atom is -0.492 e. The first-order valence-corrected chi connectivity index (χ1v) is 5.87. The molecule has 0 unspecified atom stereocenters. The summed E-state index contributed by atoms with van der Waals surface area (Å²) < 4.78 is 10.5. The smallest absolute Gasteiger partial charge is 0.257 e. The average Bonchev–Trinajstić information content (AvgIpc) is 2.80. The molecule has 0 saturated carbocycles. The van der Waals surface area contributed by atoms with E-state index in [1.54, 1.807) is 12.1 Å². The fourth-order valence-corrected chi connectivity index (χ4v) is 1.66. The fraction of sp³-hybridized carbons (Fsp3) is 0.333. The molecule has 0 aliphatic heterocycles. The normalized spacial score (nSPS) is 10.5. The van der Waals surface area contributed by atoms with Gasteiger partial charge in [0, 0.05) is 12.0 Å². The first-order chi connectivity index (χ1) is 8.24. The average molecular weight is 253 g/mol. The van der Waals surface area contributed by atoms with Crippen LogP contribution in [-0.2, 0) is 6.42 Å². The van der Waals surface area contributed by atoms with Crippen molar-refractivity contribution >= 4 is 11.6 Å². The first-order valence-electron chi connectivity index (χ1n) is 5.50. The zero-order valence-corrected chi connectivity index (χ0v) is 10.5. The topological polar surface area (TPSA) is 48.2 Å². The lowest BCUT2D eigenvalue weighted by Crippen LogP contribution is -1.92. The Morgan fingerprint density at radius 2 is 2.18 bits per heavy atom. The summed E-state index contributed by atoms with van der Waals surface area (Å²) in [6.45, 7) is 4.47. The summed E-state index contributed by atoms with van der Waals surface area (Å²) in [5.41, 5.74) is 0.797. The number of halogens is 1. The third kappa shape index (κ3) is 2.58. The molecule has 0 bridgehead atoms. The van der Waals surface area contributed by atoms with E-state index in [9.17, 15) is 0 Å². The summed E-state index contributed by atoms with van der Waals surface area (Å²) in [5, 5.41) is 4.38. The molecule has 1 aromatic carbocycles. The molecule has 2 rings (SSSR count). The second-order valence-electron chi connectivity index (χ2n) is 3.45. The van der Waals surface area contributed by atoms with Crippen LogP contribution >= 0.6 is 11.6 Å². The monoisotopic (exact) mass is 252 g/mol. The van der Waals surface area contributed by atoms with Crippen LogP contribution in [0.15, 0.2) is 22.7 Å². The van der Waals surface area contributed by atoms with Gasteiger partial charge in [-0.05, 0) is 25.1 Å². The molecule has 1 aromatic heterocycles. The molecule has 0 fully saturated rings. The van der Waals surface area contributed by atoms with Gasteiger partial charge in [-0.1, -0.05) is 23.7 Å². The standard InChI is InChI=1S/C12H13ClN2O2/c1-3-11-14-12(17-15-11)8-5-6-10(16-4-2)9(13)7-8/h5-7H,3-4H2,1-2H3. The molecule has 0 amide bonds. The minimum absolute atomic E-state index is 0.479. The van der Waals surface area contributed by atoms with E-state index in [1.165, 1.54) is 0 Å². The molecule has 4 nitrogen and oxygen atoms in total. The Balaban J connectivity index is 2.30. The van der Waals surface area contributed by atoms with Gasteiger partial charge < -0.3 is 9.26 Å². The van der Waals surface area contributed by atoms with E-state index in [0.29, 0.717) is 29.1 Å². The summed E-state index contributed by atoms with van der Waals surface area (Å²) in [6, 6.07) is 5.42. The molecule has 0 aliphatic rings. The van der Waals surface area contributed by atoms with Crippen molar-refractivity contribution in [3.8, 4) is 17.2 Å². The van der Waals surface area contributed by atoms with Crippen LogP contribution in [0, 0.1) is 0 Å². The van der Waals surface area contributed by atoms with E-state index in [1.807, 2.05) is 19.9 Å². The van der Waals surface area contributed by atoms with Crippen LogP contribution in [0.2, 0.25) is 5.02 Å². The quantitative estimate of drug-likeness (QED) is 0.837. The van der Waals surface area contributed by atoms with Gasteiger partial charge in [0.15, 0.2) is 5.82 Å². The predicted octanol–water partition coefficient (Wildman–Crippen LogP) is 3.35. The molecule has 0 radical (unpaired) electrons. The van der Waals surface area contributed by atoms with Gasteiger partial charge in [0.1, 0.15) is 5.75 Å². The Labute approximate surface area is 105 Å². The van der Waals surface area contributed by atoms with Crippen LogP contribution < -0.4 is 4.74 Å². The SMILES string of the molecule is CCOc1ccc(-c2nc(CC)no2)cc1Cl. The number of aromatic nitrogens is 2. The van der Waals surface area contributed by atoms with Gasteiger partial charge in [-0.3, -0.25) is 0 Å². The van der Waals surface area contributed by atoms with Crippen LogP contribution in [0.25, 0.3) is 11.5 Å². The zero-order chi connectivity index (χ0) is 12.3. The minimum atomic E-state index is 0.479. The fourth-order valence-electron chi connectivity index (χ4n) is 1.42. The van der Waals surface area contributed by atoms with Crippen LogP contribution in [0.1, 0.15) is 19.7 Å². The highest BCUT2D eigenvalue weighted by atomic mass is 35.5. The van der Waals surface area contributed by atoms with Crippen molar-refractivity contribution in [3.05, 3.63) is 29.0 Å². The molecule has 0 atom stereocenters. The van der Waals surface area contributed by atoms with Gasteiger partial charge >= 0.3 is 0 Å². The van der Waals surface area contributed by atoms with Crippen LogP contribution in [0.3, 0.4) is 0 Å². The van der Waals surface area contributed by atoms with Gasteiger partial charge in [0.2, 0.25) is 0 Å². The number of aryl methyl sites for hydroxylation is 1. The largest absolute Gasteiger partial charge is 0.492 e. The van der Waals surface area contributed by atoms with E-state index in [4.69, 9.17) is 20.9 Å². The molecule has 1 heterocycles. The van der Waals surface area contributed by atoms with Crippen LogP contribution in [-0.4, -0.2) is 16.7 Å². The molecular weight excluding hydrogens is 240 g/mol. The highest BCUT2D eigenvalue weighted by molar-refractivity contribution is 6.32. The molecular formula is C12H13ClN2O2. The first kappa shape index (κ1) is 11.9. The van der Waals surface area contributed by atoms with Crippen molar-refractivity contribution in [1.29, 1.82) is 0 Å². The van der Waals surface area contributed by atoms with Gasteiger partial charge in [0.05, 0.1) is 11.6 Å². The highest BCUT2D eigenvalue weighted by Crippen LogP contribution is 2.29. The predicted molar refractivity (Wildman–Crippen MR) is 65.3 cm³/mol. The Bertz CT molecular complexity index is 511. The molecule has 2 aromatic rings. The van der Waals surface area contributed by atoms with Gasteiger partial charge in [0.25, 0.3) is 5.89 Å². The van der Waals surface area contributed by atoms with Crippen LogP contribution in [0.4, 0.5) is 0 Å². The van der Waals surface area contributed by atoms with E-state index in [0.717, 1.165) is 12.0 Å². The number of hydrogen-bond acceptors (Lipinski definition) is 4. The van der Waals surface area contributed by atoms with Crippen molar-refractivity contribution in [2.75, 3.05) is 6.61 Å². The third-order valence-electron chi connectivity index (χ3n) is 2.26. The van der Waals surface area contributed by atoms with Crippen LogP contribution in [0.5, 0.6) is 5.75 Å². The third-order valence-corrected chi connectivity index (χ3v) is 2.56. The Morgan fingerprint density at radius 1 is 1.35 bits per heavy atom. The maximum Gasteiger partial charge on any atom is 0.257 e. The molecule has 17 heavy (non-hydrogen) atoms. The molecule has 0 N–H and O–H groups in total. The summed E-state index contributed by atoms with van der Waals surface area (Å²) >= 11 is 6.08. The van der Waals surface area contributed by atoms with E-state index in [-0.39, 0.29) is 0 Å². The number of ether oxygens (including phenoxy) is 1. The summed E-state index contributed by atoms with van der Waals surface area (Å²) in [6.07, 6.45) is 0.744. The number of nitrogens with zero attached hydrogens (tertiary/aromatic N) is 2. The van der Waals surface area contributed by atoms with Crippen molar-refractivity contribution in [2.24, 2.45) is 0 Å². The van der Waals surface area contributed by atoms with Gasteiger partial charge in [-0.15, -0.1) is 0 Å². The molecule has 5 heteroatoms. The van der Waals surface area contributed by atoms with E-state index < -0.39 is 0 Å². The van der Waals surface area contributed by atoms with Crippen molar-refractivity contribution in [3.63, 3.8) is 0 Å². The van der Waals surface area contributed by atoms with Crippen molar-refractivity contribution in [2.45, 2.75) is 20.3 Å². The van der Waals surface area contributed by atoms with Crippen molar-refractivity contribution < 1.29 is 9.26 Å². The maximum absolute atomic E-state index is 6.08. The van der Waals surface area contributed by atoms with E-state index in [2.05, 4.69) is 10.1 Å². The molecule has 0 aliphatic carbocycles. The second kappa shape index (κ2) is 5.19. The van der Waals surface area contributed by atoms with E-state index >= 15 is 0 Å².